The molecule has 0 spiro atoms. The fraction of sp³-hybridized carbons (Fsp3) is 0.0909. The van der Waals surface area contributed by atoms with Crippen LogP contribution >= 0.6 is 0 Å². The Balaban J connectivity index is 0.000000160. The van der Waals surface area contributed by atoms with Crippen molar-refractivity contribution < 1.29 is 17.4 Å². The van der Waals surface area contributed by atoms with Gasteiger partial charge in [0.15, 0.2) is 0 Å². The van der Waals surface area contributed by atoms with E-state index in [0.29, 0.717) is 0 Å². The summed E-state index contributed by atoms with van der Waals surface area (Å²) in [4.78, 5) is 0. The monoisotopic (exact) mass is 336 g/mol. The van der Waals surface area contributed by atoms with Crippen molar-refractivity contribution in [3.05, 3.63) is 109 Å². The van der Waals surface area contributed by atoms with Gasteiger partial charge in [0, 0.05) is 17.4 Å². The molecule has 0 amide bonds. The van der Waals surface area contributed by atoms with Gasteiger partial charge in [0.05, 0.1) is 0 Å². The van der Waals surface area contributed by atoms with Crippen molar-refractivity contribution in [2.24, 2.45) is 0 Å². The molecule has 0 bridgehead atoms. The van der Waals surface area contributed by atoms with E-state index in [1.807, 2.05) is 0 Å². The van der Waals surface area contributed by atoms with Gasteiger partial charge in [0.2, 0.25) is 0 Å². The van der Waals surface area contributed by atoms with Crippen LogP contribution in [0.25, 0.3) is 10.8 Å². The second-order valence-electron chi connectivity index (χ2n) is 5.59. The topological polar surface area (TPSA) is 0 Å². The second kappa shape index (κ2) is 8.35. The van der Waals surface area contributed by atoms with E-state index in [1.54, 1.807) is 0 Å². The van der Waals surface area contributed by atoms with E-state index in [4.69, 9.17) is 0 Å². The third-order valence-corrected chi connectivity index (χ3v) is 4.02. The quantitative estimate of drug-likeness (QED) is 0.547. The molecule has 2 aromatic rings. The fourth-order valence-electron chi connectivity index (χ4n) is 2.77. The summed E-state index contributed by atoms with van der Waals surface area (Å²) in [6.07, 6.45) is 14.8. The minimum atomic E-state index is 0. The summed E-state index contributed by atoms with van der Waals surface area (Å²) in [6.45, 7) is 4.28. The number of aryl methyl sites for hydroxylation is 1. The van der Waals surface area contributed by atoms with Gasteiger partial charge in [-0.15, -0.1) is 0 Å². The Morgan fingerprint density at radius 3 is 2.39 bits per heavy atom. The van der Waals surface area contributed by atoms with E-state index in [0.717, 1.165) is 0 Å². The van der Waals surface area contributed by atoms with Crippen molar-refractivity contribution >= 4 is 10.8 Å². The maximum atomic E-state index is 2.16. The van der Waals surface area contributed by atoms with Gasteiger partial charge in [-0.25, -0.2) is 0 Å². The number of hydrogen-bond donors (Lipinski definition) is 0. The van der Waals surface area contributed by atoms with Crippen molar-refractivity contribution in [1.82, 2.24) is 0 Å². The summed E-state index contributed by atoms with van der Waals surface area (Å²) in [5, 5.41) is 2.68. The van der Waals surface area contributed by atoms with Crippen molar-refractivity contribution in [3.8, 4) is 0 Å². The molecule has 1 saturated carbocycles. The van der Waals surface area contributed by atoms with Crippen LogP contribution in [0.5, 0.6) is 0 Å². The van der Waals surface area contributed by atoms with E-state index < -0.39 is 0 Å². The molecule has 120 valence electrons. The number of benzene rings is 2. The molecule has 0 radical (unpaired) electrons. The average molecular weight is 336 g/mol. The van der Waals surface area contributed by atoms with Gasteiger partial charge in [0.1, 0.15) is 0 Å². The Labute approximate surface area is 151 Å². The molecule has 0 saturated heterocycles. The van der Waals surface area contributed by atoms with Crippen LogP contribution in [0.15, 0.2) is 66.3 Å². The van der Waals surface area contributed by atoms with Crippen molar-refractivity contribution in [2.45, 2.75) is 13.8 Å². The van der Waals surface area contributed by atoms with Crippen LogP contribution in [0.4, 0.5) is 0 Å². The summed E-state index contributed by atoms with van der Waals surface area (Å²) in [6, 6.07) is 14.8. The minimum Gasteiger partial charge on any atom is -0.709 e. The van der Waals surface area contributed by atoms with Gasteiger partial charge in [0.25, 0.3) is 0 Å². The molecule has 0 aromatic heterocycles. The van der Waals surface area contributed by atoms with Gasteiger partial charge >= 0.3 is 0 Å². The Hall–Kier alpha value is -1.55. The first-order valence-corrected chi connectivity index (χ1v) is 7.64. The number of rotatable bonds is 0. The number of fused-ring (bicyclic) bond motifs is 2. The average Bonchev–Trinajstić information content (AvgIpc) is 2.57. The summed E-state index contributed by atoms with van der Waals surface area (Å²) in [7, 11) is 0. The summed E-state index contributed by atoms with van der Waals surface area (Å²) in [5.74, 6) is 2.68. The summed E-state index contributed by atoms with van der Waals surface area (Å²) in [5.41, 5.74) is 2.70. The third-order valence-electron chi connectivity index (χ3n) is 4.02. The van der Waals surface area contributed by atoms with Crippen LogP contribution in [-0.2, 0) is 17.4 Å². The van der Waals surface area contributed by atoms with Crippen LogP contribution in [0.2, 0.25) is 0 Å². The molecule has 4 rings (SSSR count). The van der Waals surface area contributed by atoms with E-state index in [9.17, 15) is 0 Å². The first-order chi connectivity index (χ1) is 10.8. The van der Waals surface area contributed by atoms with Crippen LogP contribution in [0.3, 0.4) is 0 Å². The molecule has 0 heterocycles. The van der Waals surface area contributed by atoms with Crippen LogP contribution in [-0.4, -0.2) is 0 Å². The minimum absolute atomic E-state index is 0. The zero-order valence-corrected chi connectivity index (χ0v) is 14.8. The van der Waals surface area contributed by atoms with Gasteiger partial charge in [-0.3, -0.25) is 23.8 Å². The predicted molar refractivity (Wildman–Crippen MR) is 95.3 cm³/mol. The molecule has 23 heavy (non-hydrogen) atoms. The SMILES string of the molecule is CC1=CC=C[C-]2[CH-][CH-][CH-][CH-][C-]12.Cc1cccc2ccccc12.[Cr]. The molecule has 0 aliphatic heterocycles. The normalized spacial score (nSPS) is 16.0. The zero-order valence-electron chi connectivity index (χ0n) is 13.5. The Kier molecular flexibility index (Phi) is 6.46. The predicted octanol–water partition coefficient (Wildman–Crippen LogP) is 5.63. The number of hydrogen-bond acceptors (Lipinski definition) is 0. The van der Waals surface area contributed by atoms with E-state index in [2.05, 4.69) is 100 Å². The fourth-order valence-corrected chi connectivity index (χ4v) is 2.77. The molecule has 0 atom stereocenters. The van der Waals surface area contributed by atoms with Crippen LogP contribution in [0.1, 0.15) is 12.5 Å². The zero-order chi connectivity index (χ0) is 15.4. The van der Waals surface area contributed by atoms with Gasteiger partial charge < -0.3 is 37.5 Å². The first kappa shape index (κ1) is 17.8. The molecular weight excluding hydrogens is 316 g/mol. The van der Waals surface area contributed by atoms with Gasteiger partial charge in [-0.2, -0.15) is 0 Å². The first-order valence-electron chi connectivity index (χ1n) is 7.64. The third kappa shape index (κ3) is 4.26. The Morgan fingerprint density at radius 2 is 1.61 bits per heavy atom. The second-order valence-corrected chi connectivity index (χ2v) is 5.59. The van der Waals surface area contributed by atoms with Crippen molar-refractivity contribution in [3.63, 3.8) is 0 Å². The molecule has 2 aliphatic rings. The maximum absolute atomic E-state index is 2.16. The van der Waals surface area contributed by atoms with Crippen LogP contribution in [0, 0.1) is 44.4 Å². The Morgan fingerprint density at radius 1 is 0.870 bits per heavy atom. The summed E-state index contributed by atoms with van der Waals surface area (Å²) >= 11 is 0. The van der Waals surface area contributed by atoms with Gasteiger partial charge in [-0.1, -0.05) is 49.4 Å². The van der Waals surface area contributed by atoms with E-state index in [1.165, 1.54) is 33.7 Å². The molecular formula is C22H20Cr-6. The van der Waals surface area contributed by atoms with E-state index >= 15 is 0 Å². The largest absolute Gasteiger partial charge is 0.709 e. The van der Waals surface area contributed by atoms with Crippen molar-refractivity contribution in [2.75, 3.05) is 0 Å². The van der Waals surface area contributed by atoms with Gasteiger partial charge in [-0.05, 0) is 23.3 Å². The number of allylic oxidation sites excluding steroid dienone is 4. The summed E-state index contributed by atoms with van der Waals surface area (Å²) < 4.78 is 0. The molecule has 1 fully saturated rings. The van der Waals surface area contributed by atoms with E-state index in [-0.39, 0.29) is 17.4 Å². The molecule has 0 N–H and O–H groups in total. The molecule has 0 nitrogen and oxygen atoms in total. The molecule has 2 aromatic carbocycles. The standard InChI is InChI=1S/2C11H10.Cr/c2*1-9-5-4-7-10-6-2-3-8-11(9)10;/h2*2-8H,1H3;/q;-6;. The molecule has 1 heteroatoms. The molecule has 0 unspecified atom stereocenters. The van der Waals surface area contributed by atoms with Crippen LogP contribution < -0.4 is 0 Å². The Bertz CT molecular complexity index is 691. The van der Waals surface area contributed by atoms with Crippen molar-refractivity contribution in [1.29, 1.82) is 0 Å². The smallest absolute Gasteiger partial charge is 0 e. The maximum Gasteiger partial charge on any atom is 0 e. The molecule has 2 aliphatic carbocycles.